The summed E-state index contributed by atoms with van der Waals surface area (Å²) < 4.78 is 7.61. The molecule has 1 N–H and O–H groups in total. The molecule has 2 aromatic carbocycles. The predicted octanol–water partition coefficient (Wildman–Crippen LogP) is 5.89. The van der Waals surface area contributed by atoms with Crippen molar-refractivity contribution in [2.75, 3.05) is 0 Å². The molecule has 0 saturated heterocycles. The number of nitrogens with zero attached hydrogens (tertiary/aromatic N) is 2. The van der Waals surface area contributed by atoms with Gasteiger partial charge in [0.15, 0.2) is 0 Å². The van der Waals surface area contributed by atoms with Crippen LogP contribution in [-0.4, -0.2) is 20.6 Å². The van der Waals surface area contributed by atoms with Crippen molar-refractivity contribution in [3.63, 3.8) is 0 Å². The van der Waals surface area contributed by atoms with Crippen molar-refractivity contribution in [2.45, 2.75) is 45.1 Å². The lowest BCUT2D eigenvalue weighted by Gasteiger charge is -2.14. The standard InChI is InChI=1S/C27H28N2O3/c1-20-24(28-26(32-20)23-9-3-2-4-10-23)11-7-8-21-12-14-22(15-13-21)16-17-25(27(30)31)29-18-5-6-19-29/h2-6,9-10,12-15,18-19,25H,7-8,11,16-17H2,1H3,(H,30,31). The zero-order valence-electron chi connectivity index (χ0n) is 18.3. The Kier molecular flexibility index (Phi) is 6.85. The summed E-state index contributed by atoms with van der Waals surface area (Å²) in [4.78, 5) is 16.3. The minimum absolute atomic E-state index is 0.531. The second-order valence-corrected chi connectivity index (χ2v) is 8.08. The lowest BCUT2D eigenvalue weighted by molar-refractivity contribution is -0.141. The largest absolute Gasteiger partial charge is 0.480 e. The van der Waals surface area contributed by atoms with E-state index in [4.69, 9.17) is 4.42 Å². The smallest absolute Gasteiger partial charge is 0.326 e. The molecule has 5 nitrogen and oxygen atoms in total. The van der Waals surface area contributed by atoms with E-state index in [-0.39, 0.29) is 0 Å². The second kappa shape index (κ2) is 10.1. The summed E-state index contributed by atoms with van der Waals surface area (Å²) in [6.07, 6.45) is 7.75. The first-order valence-electron chi connectivity index (χ1n) is 11.0. The molecule has 4 rings (SSSR count). The van der Waals surface area contributed by atoms with E-state index >= 15 is 0 Å². The first-order chi connectivity index (χ1) is 15.6. The Morgan fingerprint density at radius 2 is 1.59 bits per heavy atom. The Hall–Kier alpha value is -3.60. The van der Waals surface area contributed by atoms with Gasteiger partial charge in [0, 0.05) is 18.0 Å². The van der Waals surface area contributed by atoms with Crippen molar-refractivity contribution >= 4 is 5.97 Å². The van der Waals surface area contributed by atoms with Crippen LogP contribution in [0.15, 0.2) is 83.5 Å². The van der Waals surface area contributed by atoms with Crippen molar-refractivity contribution in [1.82, 2.24) is 9.55 Å². The average molecular weight is 429 g/mol. The van der Waals surface area contributed by atoms with Crippen molar-refractivity contribution in [2.24, 2.45) is 0 Å². The van der Waals surface area contributed by atoms with Gasteiger partial charge < -0.3 is 14.1 Å². The van der Waals surface area contributed by atoms with E-state index in [0.29, 0.717) is 12.3 Å². The number of hydrogen-bond acceptors (Lipinski definition) is 3. The summed E-state index contributed by atoms with van der Waals surface area (Å²) in [5, 5.41) is 9.51. The Labute approximate surface area is 188 Å². The van der Waals surface area contributed by atoms with E-state index in [2.05, 4.69) is 29.2 Å². The predicted molar refractivity (Wildman–Crippen MR) is 125 cm³/mol. The van der Waals surface area contributed by atoms with Gasteiger partial charge in [-0.15, -0.1) is 0 Å². The quantitative estimate of drug-likeness (QED) is 0.342. The van der Waals surface area contributed by atoms with E-state index in [9.17, 15) is 9.90 Å². The third-order valence-electron chi connectivity index (χ3n) is 5.79. The van der Waals surface area contributed by atoms with Gasteiger partial charge in [-0.1, -0.05) is 42.5 Å². The van der Waals surface area contributed by atoms with Crippen molar-refractivity contribution in [3.8, 4) is 11.5 Å². The molecular weight excluding hydrogens is 400 g/mol. The molecule has 0 amide bonds. The first kappa shape index (κ1) is 21.6. The van der Waals surface area contributed by atoms with Crippen LogP contribution in [0.4, 0.5) is 0 Å². The maximum atomic E-state index is 11.6. The molecule has 0 bridgehead atoms. The molecular formula is C27H28N2O3. The first-order valence-corrected chi connectivity index (χ1v) is 11.0. The van der Waals surface area contributed by atoms with E-state index < -0.39 is 12.0 Å². The van der Waals surface area contributed by atoms with Gasteiger partial charge in [-0.05, 0) is 74.4 Å². The maximum Gasteiger partial charge on any atom is 0.326 e. The SMILES string of the molecule is Cc1oc(-c2ccccc2)nc1CCCc1ccc(CCC(C(=O)O)n2cccc2)cc1. The molecule has 1 atom stereocenters. The van der Waals surface area contributed by atoms with Gasteiger partial charge in [0.2, 0.25) is 5.89 Å². The molecule has 32 heavy (non-hydrogen) atoms. The molecule has 2 heterocycles. The molecule has 0 radical (unpaired) electrons. The highest BCUT2D eigenvalue weighted by Crippen LogP contribution is 2.23. The van der Waals surface area contributed by atoms with Gasteiger partial charge in [0.05, 0.1) is 5.69 Å². The lowest BCUT2D eigenvalue weighted by atomic mass is 10.0. The molecule has 164 valence electrons. The van der Waals surface area contributed by atoms with E-state index in [1.54, 1.807) is 17.0 Å². The van der Waals surface area contributed by atoms with Gasteiger partial charge in [-0.3, -0.25) is 0 Å². The molecule has 2 aromatic heterocycles. The molecule has 0 aliphatic rings. The molecule has 1 unspecified atom stereocenters. The highest BCUT2D eigenvalue weighted by Gasteiger charge is 2.18. The topological polar surface area (TPSA) is 68.3 Å². The van der Waals surface area contributed by atoms with Gasteiger partial charge >= 0.3 is 5.97 Å². The van der Waals surface area contributed by atoms with Crippen LogP contribution < -0.4 is 0 Å². The molecule has 0 spiro atoms. The van der Waals surface area contributed by atoms with Crippen LogP contribution in [0.25, 0.3) is 11.5 Å². The normalized spacial score (nSPS) is 12.0. The number of benzene rings is 2. The van der Waals surface area contributed by atoms with Gasteiger partial charge in [0.1, 0.15) is 11.8 Å². The maximum absolute atomic E-state index is 11.6. The van der Waals surface area contributed by atoms with Crippen molar-refractivity contribution in [3.05, 3.63) is 102 Å². The Morgan fingerprint density at radius 1 is 0.938 bits per heavy atom. The fourth-order valence-electron chi connectivity index (χ4n) is 3.96. The van der Waals surface area contributed by atoms with Crippen LogP contribution >= 0.6 is 0 Å². The number of carboxylic acids is 1. The van der Waals surface area contributed by atoms with Crippen molar-refractivity contribution in [1.29, 1.82) is 0 Å². The Bertz CT molecular complexity index is 1130. The number of oxazole rings is 1. The summed E-state index contributed by atoms with van der Waals surface area (Å²) in [7, 11) is 0. The number of rotatable bonds is 10. The molecule has 0 aliphatic carbocycles. The van der Waals surface area contributed by atoms with Gasteiger partial charge in [-0.25, -0.2) is 9.78 Å². The van der Waals surface area contributed by atoms with Crippen LogP contribution in [0.3, 0.4) is 0 Å². The van der Waals surface area contributed by atoms with Gasteiger partial charge in [-0.2, -0.15) is 0 Å². The monoisotopic (exact) mass is 428 g/mol. The zero-order chi connectivity index (χ0) is 22.3. The third-order valence-corrected chi connectivity index (χ3v) is 5.79. The minimum Gasteiger partial charge on any atom is -0.480 e. The van der Waals surface area contributed by atoms with Crippen LogP contribution in [-0.2, 0) is 24.1 Å². The van der Waals surface area contributed by atoms with Crippen molar-refractivity contribution < 1.29 is 14.3 Å². The van der Waals surface area contributed by atoms with Crippen LogP contribution in [0.5, 0.6) is 0 Å². The number of carboxylic acid groups (broad SMARTS) is 1. The zero-order valence-corrected chi connectivity index (χ0v) is 18.3. The van der Waals surface area contributed by atoms with E-state index in [1.807, 2.05) is 49.4 Å². The Morgan fingerprint density at radius 3 is 2.25 bits per heavy atom. The number of aliphatic carboxylic acids is 1. The average Bonchev–Trinajstić information content (AvgIpc) is 3.46. The summed E-state index contributed by atoms with van der Waals surface area (Å²) in [6, 6.07) is 21.7. The molecule has 0 fully saturated rings. The highest BCUT2D eigenvalue weighted by molar-refractivity contribution is 5.71. The van der Waals surface area contributed by atoms with E-state index in [1.165, 1.54) is 5.56 Å². The summed E-state index contributed by atoms with van der Waals surface area (Å²) in [5.74, 6) is 0.772. The number of aromatic nitrogens is 2. The minimum atomic E-state index is -0.795. The number of carbonyl (C=O) groups is 1. The summed E-state index contributed by atoms with van der Waals surface area (Å²) in [6.45, 7) is 1.97. The van der Waals surface area contributed by atoms with Gasteiger partial charge in [0.25, 0.3) is 0 Å². The summed E-state index contributed by atoms with van der Waals surface area (Å²) >= 11 is 0. The fourth-order valence-corrected chi connectivity index (χ4v) is 3.96. The number of aryl methyl sites for hydroxylation is 4. The lowest BCUT2D eigenvalue weighted by Crippen LogP contribution is -2.18. The highest BCUT2D eigenvalue weighted by atomic mass is 16.4. The van der Waals surface area contributed by atoms with Crippen LogP contribution in [0.2, 0.25) is 0 Å². The molecule has 5 heteroatoms. The molecule has 0 aliphatic heterocycles. The molecule has 0 saturated carbocycles. The van der Waals surface area contributed by atoms with Crippen LogP contribution in [0.1, 0.15) is 41.5 Å². The Balaban J connectivity index is 1.28. The third kappa shape index (κ3) is 5.35. The van der Waals surface area contributed by atoms with E-state index in [0.717, 1.165) is 48.3 Å². The number of hydrogen-bond donors (Lipinski definition) is 1. The molecule has 4 aromatic rings. The second-order valence-electron chi connectivity index (χ2n) is 8.08. The van der Waals surface area contributed by atoms with Crippen LogP contribution in [0, 0.1) is 6.92 Å². The fraction of sp³-hybridized carbons (Fsp3) is 0.259. The summed E-state index contributed by atoms with van der Waals surface area (Å²) in [5.41, 5.74) is 4.45.